The normalized spacial score (nSPS) is 12.0. The van der Waals surface area contributed by atoms with Gasteiger partial charge in [-0.2, -0.15) is 4.31 Å². The third kappa shape index (κ3) is 2.82. The summed E-state index contributed by atoms with van der Waals surface area (Å²) in [5.41, 5.74) is 7.69. The van der Waals surface area contributed by atoms with Gasteiger partial charge in [0, 0.05) is 18.5 Å². The van der Waals surface area contributed by atoms with Crippen molar-refractivity contribution in [2.45, 2.75) is 18.4 Å². The van der Waals surface area contributed by atoms with Crippen LogP contribution in [0.15, 0.2) is 28.6 Å². The molecule has 1 aromatic carbocycles. The molecule has 0 aliphatic heterocycles. The molecule has 0 fully saturated rings. The van der Waals surface area contributed by atoms with Crippen LogP contribution in [-0.2, 0) is 16.6 Å². The molecule has 2 N–H and O–H groups in total. The van der Waals surface area contributed by atoms with Crippen molar-refractivity contribution >= 4 is 27.0 Å². The standard InChI is InChI=1S/C12H14FN3O2S2/c1-8-12(19-7-15-8)6-16(2)20(17,18)9-3-4-10(13)11(14)5-9/h3-5,7H,6,14H2,1-2H3. The molecule has 1 heterocycles. The van der Waals surface area contributed by atoms with Crippen molar-refractivity contribution < 1.29 is 12.8 Å². The molecule has 0 aliphatic rings. The largest absolute Gasteiger partial charge is 0.396 e. The van der Waals surface area contributed by atoms with Crippen molar-refractivity contribution in [3.8, 4) is 0 Å². The van der Waals surface area contributed by atoms with E-state index in [1.54, 1.807) is 5.51 Å². The zero-order valence-corrected chi connectivity index (χ0v) is 12.6. The Morgan fingerprint density at radius 1 is 1.45 bits per heavy atom. The van der Waals surface area contributed by atoms with Gasteiger partial charge in [-0.15, -0.1) is 11.3 Å². The van der Waals surface area contributed by atoms with Gasteiger partial charge in [0.05, 0.1) is 21.8 Å². The Balaban J connectivity index is 2.29. The summed E-state index contributed by atoms with van der Waals surface area (Å²) >= 11 is 1.39. The minimum absolute atomic E-state index is 0.0268. The fraction of sp³-hybridized carbons (Fsp3) is 0.250. The summed E-state index contributed by atoms with van der Waals surface area (Å²) in [6, 6.07) is 3.38. The Morgan fingerprint density at radius 2 is 2.15 bits per heavy atom. The SMILES string of the molecule is Cc1ncsc1CN(C)S(=O)(=O)c1ccc(F)c(N)c1. The van der Waals surface area contributed by atoms with E-state index in [0.717, 1.165) is 22.7 Å². The number of sulfonamides is 1. The van der Waals surface area contributed by atoms with Crippen LogP contribution in [0.5, 0.6) is 0 Å². The topological polar surface area (TPSA) is 76.3 Å². The van der Waals surface area contributed by atoms with Crippen LogP contribution in [0.4, 0.5) is 10.1 Å². The lowest BCUT2D eigenvalue weighted by Crippen LogP contribution is -2.26. The predicted octanol–water partition coefficient (Wildman–Crippen LogP) is 1.99. The van der Waals surface area contributed by atoms with Crippen LogP contribution in [0.2, 0.25) is 0 Å². The van der Waals surface area contributed by atoms with Crippen molar-refractivity contribution in [1.82, 2.24) is 9.29 Å². The predicted molar refractivity (Wildman–Crippen MR) is 76.3 cm³/mol. The quantitative estimate of drug-likeness (QED) is 0.876. The molecule has 8 heteroatoms. The number of rotatable bonds is 4. The number of nitrogen functional groups attached to an aromatic ring is 1. The molecule has 0 bridgehead atoms. The van der Waals surface area contributed by atoms with Crippen LogP contribution in [0.3, 0.4) is 0 Å². The van der Waals surface area contributed by atoms with Gasteiger partial charge in [0.2, 0.25) is 10.0 Å². The molecular weight excluding hydrogens is 301 g/mol. The molecule has 20 heavy (non-hydrogen) atoms. The summed E-state index contributed by atoms with van der Waals surface area (Å²) in [6.07, 6.45) is 0. The second-order valence-corrected chi connectivity index (χ2v) is 7.29. The molecule has 5 nitrogen and oxygen atoms in total. The highest BCUT2D eigenvalue weighted by atomic mass is 32.2. The molecule has 0 unspecified atom stereocenters. The van der Waals surface area contributed by atoms with Crippen molar-refractivity contribution in [3.05, 3.63) is 40.1 Å². The van der Waals surface area contributed by atoms with Crippen LogP contribution in [-0.4, -0.2) is 24.8 Å². The number of aromatic nitrogens is 1. The number of anilines is 1. The van der Waals surface area contributed by atoms with Gasteiger partial charge in [0.25, 0.3) is 0 Å². The molecule has 0 atom stereocenters. The lowest BCUT2D eigenvalue weighted by Gasteiger charge is -2.17. The van der Waals surface area contributed by atoms with Crippen LogP contribution in [0.1, 0.15) is 10.6 Å². The van der Waals surface area contributed by atoms with Crippen LogP contribution >= 0.6 is 11.3 Å². The molecule has 0 saturated heterocycles. The first-order chi connectivity index (χ1) is 9.32. The molecule has 0 amide bonds. The van der Waals surface area contributed by atoms with E-state index < -0.39 is 15.8 Å². The van der Waals surface area contributed by atoms with Gasteiger partial charge in [-0.1, -0.05) is 0 Å². The number of aryl methyl sites for hydroxylation is 1. The van der Waals surface area contributed by atoms with Gasteiger partial charge in [-0.25, -0.2) is 17.8 Å². The van der Waals surface area contributed by atoms with E-state index in [1.807, 2.05) is 6.92 Å². The van der Waals surface area contributed by atoms with Crippen LogP contribution < -0.4 is 5.73 Å². The van der Waals surface area contributed by atoms with Gasteiger partial charge in [-0.05, 0) is 25.1 Å². The van der Waals surface area contributed by atoms with E-state index in [1.165, 1.54) is 28.8 Å². The number of nitrogens with two attached hydrogens (primary N) is 1. The van der Waals surface area contributed by atoms with Gasteiger partial charge in [0.15, 0.2) is 0 Å². The molecule has 1 aromatic heterocycles. The molecule has 0 saturated carbocycles. The average molecular weight is 315 g/mol. The maximum absolute atomic E-state index is 13.1. The molecular formula is C12H14FN3O2S2. The fourth-order valence-corrected chi connectivity index (χ4v) is 3.71. The van der Waals surface area contributed by atoms with E-state index in [2.05, 4.69) is 4.98 Å². The van der Waals surface area contributed by atoms with Crippen molar-refractivity contribution in [2.75, 3.05) is 12.8 Å². The summed E-state index contributed by atoms with van der Waals surface area (Å²) in [5, 5.41) is 0. The maximum Gasteiger partial charge on any atom is 0.243 e. The monoisotopic (exact) mass is 315 g/mol. The van der Waals surface area contributed by atoms with Crippen LogP contribution in [0, 0.1) is 12.7 Å². The highest BCUT2D eigenvalue weighted by Gasteiger charge is 2.22. The molecule has 0 radical (unpaired) electrons. The van der Waals surface area contributed by atoms with E-state index in [9.17, 15) is 12.8 Å². The number of halogens is 1. The molecule has 2 rings (SSSR count). The van der Waals surface area contributed by atoms with Gasteiger partial charge >= 0.3 is 0 Å². The zero-order valence-electron chi connectivity index (χ0n) is 11.0. The van der Waals surface area contributed by atoms with Crippen LogP contribution in [0.25, 0.3) is 0 Å². The van der Waals surface area contributed by atoms with Gasteiger partial charge in [0.1, 0.15) is 5.82 Å². The Bertz CT molecular complexity index is 728. The Hall–Kier alpha value is -1.51. The van der Waals surface area contributed by atoms with Gasteiger partial charge in [-0.3, -0.25) is 0 Å². The Morgan fingerprint density at radius 3 is 2.70 bits per heavy atom. The van der Waals surface area contributed by atoms with Gasteiger partial charge < -0.3 is 5.73 Å². The summed E-state index contributed by atoms with van der Waals surface area (Å²) in [4.78, 5) is 4.92. The molecule has 0 spiro atoms. The second kappa shape index (κ2) is 5.47. The first-order valence-corrected chi connectivity index (χ1v) is 8.04. The minimum Gasteiger partial charge on any atom is -0.396 e. The maximum atomic E-state index is 13.1. The summed E-state index contributed by atoms with van der Waals surface area (Å²) in [5.74, 6) is -0.634. The van der Waals surface area contributed by atoms with E-state index in [0.29, 0.717) is 0 Å². The van der Waals surface area contributed by atoms with E-state index in [4.69, 9.17) is 5.73 Å². The third-order valence-electron chi connectivity index (χ3n) is 2.89. The molecule has 0 aliphatic carbocycles. The summed E-state index contributed by atoms with van der Waals surface area (Å²) in [7, 11) is -2.24. The lowest BCUT2D eigenvalue weighted by molar-refractivity contribution is 0.468. The first-order valence-electron chi connectivity index (χ1n) is 5.72. The smallest absolute Gasteiger partial charge is 0.243 e. The Labute approximate surface area is 120 Å². The number of hydrogen-bond donors (Lipinski definition) is 1. The summed E-state index contributed by atoms with van der Waals surface area (Å²) < 4.78 is 39.0. The summed E-state index contributed by atoms with van der Waals surface area (Å²) in [6.45, 7) is 2.04. The number of hydrogen-bond acceptors (Lipinski definition) is 5. The average Bonchev–Trinajstić information content (AvgIpc) is 2.78. The first kappa shape index (κ1) is 14.9. The highest BCUT2D eigenvalue weighted by Crippen LogP contribution is 2.22. The number of benzene rings is 1. The van der Waals surface area contributed by atoms with E-state index >= 15 is 0 Å². The number of nitrogens with zero attached hydrogens (tertiary/aromatic N) is 2. The lowest BCUT2D eigenvalue weighted by atomic mass is 10.3. The second-order valence-electron chi connectivity index (χ2n) is 4.31. The fourth-order valence-electron chi connectivity index (χ4n) is 1.63. The number of thiazole rings is 1. The Kier molecular flexibility index (Phi) is 4.07. The van der Waals surface area contributed by atoms with Crippen molar-refractivity contribution in [2.24, 2.45) is 0 Å². The third-order valence-corrected chi connectivity index (χ3v) is 5.61. The highest BCUT2D eigenvalue weighted by molar-refractivity contribution is 7.89. The van der Waals surface area contributed by atoms with E-state index in [-0.39, 0.29) is 17.1 Å². The van der Waals surface area contributed by atoms with Crippen molar-refractivity contribution in [1.29, 1.82) is 0 Å². The van der Waals surface area contributed by atoms with Crippen molar-refractivity contribution in [3.63, 3.8) is 0 Å². The zero-order chi connectivity index (χ0) is 14.9. The molecule has 2 aromatic rings. The minimum atomic E-state index is -3.71. The molecule has 108 valence electrons.